The Balaban J connectivity index is 1.26. The number of carbonyl (C=O) groups excluding carboxylic acids is 4. The van der Waals surface area contributed by atoms with Gasteiger partial charge >= 0.3 is 5.97 Å². The van der Waals surface area contributed by atoms with Gasteiger partial charge in [0.2, 0.25) is 6.41 Å². The summed E-state index contributed by atoms with van der Waals surface area (Å²) in [6.07, 6.45) is -0.205. The molecule has 16 heteroatoms. The molecule has 2 aliphatic rings. The first kappa shape index (κ1) is 32.1. The number of fused-ring (bicyclic) bond motifs is 1. The number of carbonyl (C=O) groups is 4. The molecule has 2 aliphatic heterocycles. The molecular formula is C30H23BrN6O5S4. The number of hydrogen-bond acceptors (Lipinski definition) is 12. The van der Waals surface area contributed by atoms with Crippen LogP contribution < -0.4 is 10.6 Å². The number of anilines is 1. The molecule has 4 heterocycles. The van der Waals surface area contributed by atoms with E-state index in [0.29, 0.717) is 28.7 Å². The fraction of sp³-hybridized carbons (Fsp3) is 0.167. The van der Waals surface area contributed by atoms with Crippen molar-refractivity contribution in [1.29, 1.82) is 0 Å². The molecule has 0 spiro atoms. The van der Waals surface area contributed by atoms with Crippen molar-refractivity contribution in [1.82, 2.24) is 25.4 Å². The Kier molecular flexibility index (Phi) is 10.3. The quantitative estimate of drug-likeness (QED) is 0.0661. The first-order chi connectivity index (χ1) is 22.5. The first-order valence-corrected chi connectivity index (χ1v) is 18.3. The summed E-state index contributed by atoms with van der Waals surface area (Å²) in [4.78, 5) is 59.0. The molecule has 0 aliphatic carbocycles. The minimum atomic E-state index is -0.884. The van der Waals surface area contributed by atoms with Gasteiger partial charge in [-0.25, -0.2) is 9.78 Å². The molecule has 2 N–H and O–H groups in total. The summed E-state index contributed by atoms with van der Waals surface area (Å²) in [5.74, 6) is -0.752. The van der Waals surface area contributed by atoms with Gasteiger partial charge in [-0.1, -0.05) is 99.7 Å². The largest absolute Gasteiger partial charge is 0.448 e. The predicted octanol–water partition coefficient (Wildman–Crippen LogP) is 5.08. The van der Waals surface area contributed by atoms with Crippen molar-refractivity contribution in [2.45, 2.75) is 21.9 Å². The van der Waals surface area contributed by atoms with Gasteiger partial charge in [-0.05, 0) is 21.7 Å². The Labute approximate surface area is 288 Å². The molecule has 234 valence electrons. The van der Waals surface area contributed by atoms with Crippen molar-refractivity contribution in [2.75, 3.05) is 16.8 Å². The van der Waals surface area contributed by atoms with E-state index in [1.807, 2.05) is 60.7 Å². The van der Waals surface area contributed by atoms with E-state index in [0.717, 1.165) is 32.4 Å². The molecule has 2 atom stereocenters. The molecule has 3 amide bonds. The number of rotatable bonds is 12. The number of nitrogens with one attached hydrogen (secondary N) is 2. The number of β-lactam (4-membered cyclic amide) rings is 1. The number of thioether (sulfide) groups is 2. The number of nitrogens with zero attached hydrogens (tertiary/aromatic N) is 4. The van der Waals surface area contributed by atoms with Gasteiger partial charge in [-0.15, -0.1) is 33.3 Å². The van der Waals surface area contributed by atoms with Crippen molar-refractivity contribution >= 4 is 97.0 Å². The Morgan fingerprint density at radius 3 is 2.46 bits per heavy atom. The number of esters is 1. The van der Waals surface area contributed by atoms with Crippen molar-refractivity contribution in [3.05, 3.63) is 105 Å². The lowest BCUT2D eigenvalue weighted by Gasteiger charge is -2.49. The summed E-state index contributed by atoms with van der Waals surface area (Å²) >= 11 is 8.65. The second-order valence-electron chi connectivity index (χ2n) is 9.74. The zero-order chi connectivity index (χ0) is 32.0. The Morgan fingerprint density at radius 2 is 1.83 bits per heavy atom. The lowest BCUT2D eigenvalue weighted by molar-refractivity contribution is -0.154. The maximum atomic E-state index is 14.1. The van der Waals surface area contributed by atoms with E-state index in [-0.39, 0.29) is 11.3 Å². The van der Waals surface area contributed by atoms with Crippen LogP contribution in [-0.2, 0) is 23.9 Å². The third-order valence-electron chi connectivity index (χ3n) is 6.98. The Hall–Kier alpha value is -3.83. The zero-order valence-electron chi connectivity index (χ0n) is 23.6. The minimum Gasteiger partial charge on any atom is -0.448 e. The fourth-order valence-corrected chi connectivity index (χ4v) is 8.95. The second-order valence-corrected chi connectivity index (χ2v) is 14.2. The van der Waals surface area contributed by atoms with Crippen LogP contribution in [0.4, 0.5) is 5.13 Å². The molecule has 1 saturated heterocycles. The van der Waals surface area contributed by atoms with Crippen LogP contribution in [0.5, 0.6) is 0 Å². The van der Waals surface area contributed by atoms with E-state index in [1.165, 1.54) is 44.7 Å². The molecule has 1 unspecified atom stereocenters. The summed E-state index contributed by atoms with van der Waals surface area (Å²) < 4.78 is 6.94. The van der Waals surface area contributed by atoms with Crippen molar-refractivity contribution in [2.24, 2.45) is 0 Å². The van der Waals surface area contributed by atoms with Crippen LogP contribution in [0, 0.1) is 0 Å². The monoisotopic (exact) mass is 754 g/mol. The average molecular weight is 756 g/mol. The molecule has 2 aromatic carbocycles. The third kappa shape index (κ3) is 6.80. The molecule has 2 aromatic heterocycles. The van der Waals surface area contributed by atoms with Gasteiger partial charge < -0.3 is 15.4 Å². The van der Waals surface area contributed by atoms with Crippen LogP contribution in [0.1, 0.15) is 22.9 Å². The predicted molar refractivity (Wildman–Crippen MR) is 182 cm³/mol. The summed E-state index contributed by atoms with van der Waals surface area (Å²) in [7, 11) is 0. The van der Waals surface area contributed by atoms with Crippen LogP contribution in [0.15, 0.2) is 92.1 Å². The smallest absolute Gasteiger partial charge is 0.356 e. The molecule has 0 saturated carbocycles. The summed E-state index contributed by atoms with van der Waals surface area (Å²) in [5.41, 5.74) is 4.62. The van der Waals surface area contributed by atoms with Gasteiger partial charge in [0.25, 0.3) is 11.8 Å². The molecule has 0 bridgehead atoms. The maximum Gasteiger partial charge on any atom is 0.356 e. The van der Waals surface area contributed by atoms with E-state index in [4.69, 9.17) is 4.74 Å². The van der Waals surface area contributed by atoms with E-state index in [2.05, 4.69) is 41.7 Å². The number of thiazole rings is 1. The second kappa shape index (κ2) is 14.7. The van der Waals surface area contributed by atoms with E-state index >= 15 is 0 Å². The molecule has 4 aromatic rings. The Bertz CT molecular complexity index is 1760. The highest BCUT2D eigenvalue weighted by atomic mass is 79.9. The van der Waals surface area contributed by atoms with Crippen LogP contribution >= 0.6 is 62.1 Å². The number of aromatic nitrogens is 3. The van der Waals surface area contributed by atoms with Gasteiger partial charge in [0.15, 0.2) is 15.6 Å². The van der Waals surface area contributed by atoms with Gasteiger partial charge in [0.05, 0.1) is 11.3 Å². The van der Waals surface area contributed by atoms with Gasteiger partial charge in [-0.3, -0.25) is 19.3 Å². The molecular weight excluding hydrogens is 733 g/mol. The highest BCUT2D eigenvalue weighted by Gasteiger charge is 2.54. The number of amides is 3. The van der Waals surface area contributed by atoms with Gasteiger partial charge in [-0.2, -0.15) is 0 Å². The number of hydrogen-bond donors (Lipinski definition) is 2. The van der Waals surface area contributed by atoms with E-state index < -0.39 is 35.3 Å². The van der Waals surface area contributed by atoms with Gasteiger partial charge in [0.1, 0.15) is 22.6 Å². The minimum absolute atomic E-state index is 0.175. The summed E-state index contributed by atoms with van der Waals surface area (Å²) in [6, 6.07) is 18.0. The Morgan fingerprint density at radius 1 is 1.11 bits per heavy atom. The summed E-state index contributed by atoms with van der Waals surface area (Å²) in [6.45, 7) is 0. The number of ether oxygens (including phenoxy) is 1. The highest BCUT2D eigenvalue weighted by molar-refractivity contribution is 9.11. The topological polar surface area (TPSA) is 143 Å². The molecule has 1 fully saturated rings. The maximum absolute atomic E-state index is 14.1. The standard InChI is InChI=1S/C30H23BrN6O5S4/c31-11-20(21-14-44-29(34-21)32-15-38)25(39)35-22-26(40)37-23(19(12-43-27(22)37)13-45-30-36-33-16-46-30)28(41)42-24(17-7-3-1-4-8-17)18-9-5-2-6-10-18/h1-11,14-16,22,24,27H,12-13H2,(H,35,39)(H,32,34,38)/t22?,27-/m0/s1. The number of halogens is 1. The van der Waals surface area contributed by atoms with E-state index in [1.54, 1.807) is 10.9 Å². The van der Waals surface area contributed by atoms with Crippen molar-refractivity contribution < 1.29 is 23.9 Å². The molecule has 6 rings (SSSR count). The van der Waals surface area contributed by atoms with Crippen LogP contribution in [0.2, 0.25) is 0 Å². The normalized spacial score (nSPS) is 17.7. The first-order valence-electron chi connectivity index (χ1n) is 13.6. The van der Waals surface area contributed by atoms with Crippen molar-refractivity contribution in [3.63, 3.8) is 0 Å². The lowest BCUT2D eigenvalue weighted by Crippen LogP contribution is -2.70. The molecule has 11 nitrogen and oxygen atoms in total. The average Bonchev–Trinajstić information content (AvgIpc) is 3.78. The van der Waals surface area contributed by atoms with Crippen LogP contribution in [-0.4, -0.2) is 67.2 Å². The SMILES string of the molecule is O=CNc1nc(C(=CBr)C(=O)NC2C(=O)N3C(C(=O)OC(c4ccccc4)c4ccccc4)=C(CSc4nncs4)CS[C@@H]23)cs1. The number of benzene rings is 2. The highest BCUT2D eigenvalue weighted by Crippen LogP contribution is 2.43. The van der Waals surface area contributed by atoms with Crippen molar-refractivity contribution in [3.8, 4) is 0 Å². The van der Waals surface area contributed by atoms with E-state index in [9.17, 15) is 19.2 Å². The van der Waals surface area contributed by atoms with Crippen LogP contribution in [0.25, 0.3) is 5.57 Å². The zero-order valence-corrected chi connectivity index (χ0v) is 28.4. The van der Waals surface area contributed by atoms with Crippen LogP contribution in [0.3, 0.4) is 0 Å². The summed E-state index contributed by atoms with van der Waals surface area (Å²) in [5, 5.41) is 14.7. The van der Waals surface area contributed by atoms with Gasteiger partial charge in [0, 0.05) is 16.9 Å². The molecule has 46 heavy (non-hydrogen) atoms. The lowest BCUT2D eigenvalue weighted by atomic mass is 10.0. The molecule has 0 radical (unpaired) electrons. The fourth-order valence-electron chi connectivity index (χ4n) is 4.86. The third-order valence-corrected chi connectivity index (χ3v) is 11.5.